The van der Waals surface area contributed by atoms with Crippen LogP contribution in [0.1, 0.15) is 59.5 Å². The molecule has 0 aromatic heterocycles. The van der Waals surface area contributed by atoms with Crippen molar-refractivity contribution in [3.8, 4) is 0 Å². The van der Waals surface area contributed by atoms with Crippen LogP contribution >= 0.6 is 0 Å². The van der Waals surface area contributed by atoms with Gasteiger partial charge in [0.15, 0.2) is 6.29 Å². The first-order valence-corrected chi connectivity index (χ1v) is 18.9. The van der Waals surface area contributed by atoms with Gasteiger partial charge >= 0.3 is 12.0 Å². The number of piperidine rings is 1. The van der Waals surface area contributed by atoms with Crippen LogP contribution in [-0.4, -0.2) is 79.0 Å². The van der Waals surface area contributed by atoms with Gasteiger partial charge in [-0.25, -0.2) is 9.59 Å². The number of carbonyl (C=O) groups excluding carboxylic acids is 3. The van der Waals surface area contributed by atoms with E-state index in [0.717, 1.165) is 59.4 Å². The molecule has 3 amide bonds. The van der Waals surface area contributed by atoms with Crippen LogP contribution in [0, 0.1) is 0 Å². The Morgan fingerprint density at radius 2 is 1.53 bits per heavy atom. The Morgan fingerprint density at radius 3 is 2.20 bits per heavy atom. The Kier molecular flexibility index (Phi) is 12.1. The summed E-state index contributed by atoms with van der Waals surface area (Å²) >= 11 is 0. The molecule has 4 N–H and O–H groups in total. The Balaban J connectivity index is 0.989. The van der Waals surface area contributed by atoms with Crippen LogP contribution in [0.4, 0.5) is 10.5 Å². The summed E-state index contributed by atoms with van der Waals surface area (Å²) in [7, 11) is 1.30. The van der Waals surface area contributed by atoms with Crippen molar-refractivity contribution in [1.29, 1.82) is 0 Å². The largest absolute Gasteiger partial charge is 0.467 e. The number of methoxy groups -OCH3 is 1. The van der Waals surface area contributed by atoms with Gasteiger partial charge in [-0.05, 0) is 47.2 Å². The maximum atomic E-state index is 13.2. The fourth-order valence-electron chi connectivity index (χ4n) is 7.83. The van der Waals surface area contributed by atoms with Gasteiger partial charge in [0.05, 0.1) is 32.6 Å². The summed E-state index contributed by atoms with van der Waals surface area (Å²) in [4.78, 5) is 43.1. The van der Waals surface area contributed by atoms with E-state index < -0.39 is 29.9 Å². The SMILES string of the molecule is COC(=O)[C@H](Cc1ccccc1)NC(=O)NCc1ccc([C@@H]2O[C@H](CN3CCC4(CC3)C(=O)NCN4c3ccccc3)C[C@H](c3ccc(CO)cc3)O2)cc1. The van der Waals surface area contributed by atoms with Gasteiger partial charge in [-0.2, -0.15) is 0 Å². The number of aliphatic hydroxyl groups excluding tert-OH is 1. The number of hydrogen-bond acceptors (Lipinski definition) is 9. The number of anilines is 1. The highest BCUT2D eigenvalue weighted by Crippen LogP contribution is 2.40. The molecule has 4 aromatic rings. The molecule has 12 nitrogen and oxygen atoms in total. The number of nitrogens with zero attached hydrogens (tertiary/aromatic N) is 2. The lowest BCUT2D eigenvalue weighted by atomic mass is 9.85. The first kappa shape index (κ1) is 38.0. The molecule has 0 saturated carbocycles. The Hall–Kier alpha value is -5.27. The fraction of sp³-hybridized carbons (Fsp3) is 0.372. The number of hydrogen-bond donors (Lipinski definition) is 4. The van der Waals surface area contributed by atoms with E-state index in [1.165, 1.54) is 7.11 Å². The Labute approximate surface area is 321 Å². The number of para-hydroxylation sites is 1. The van der Waals surface area contributed by atoms with Gasteiger partial charge < -0.3 is 45.1 Å². The zero-order valence-electron chi connectivity index (χ0n) is 31.1. The number of esters is 1. The number of ether oxygens (including phenoxy) is 3. The van der Waals surface area contributed by atoms with Crippen LogP contribution in [0.15, 0.2) is 109 Å². The minimum Gasteiger partial charge on any atom is -0.467 e. The van der Waals surface area contributed by atoms with E-state index in [-0.39, 0.29) is 31.3 Å². The number of rotatable bonds is 12. The molecule has 288 valence electrons. The summed E-state index contributed by atoms with van der Waals surface area (Å²) in [5.74, 6) is -0.422. The summed E-state index contributed by atoms with van der Waals surface area (Å²) in [6, 6.07) is 33.9. The van der Waals surface area contributed by atoms with E-state index in [0.29, 0.717) is 26.1 Å². The van der Waals surface area contributed by atoms with Crippen molar-refractivity contribution in [2.75, 3.05) is 38.3 Å². The van der Waals surface area contributed by atoms with Crippen molar-refractivity contribution in [3.63, 3.8) is 0 Å². The molecule has 0 unspecified atom stereocenters. The molecule has 3 heterocycles. The number of aliphatic hydroxyl groups is 1. The molecule has 7 rings (SSSR count). The lowest BCUT2D eigenvalue weighted by Crippen LogP contribution is -2.57. The Morgan fingerprint density at radius 1 is 0.873 bits per heavy atom. The molecule has 55 heavy (non-hydrogen) atoms. The van der Waals surface area contributed by atoms with Crippen molar-refractivity contribution in [2.45, 2.75) is 68.9 Å². The average Bonchev–Trinajstić information content (AvgIpc) is 3.55. The number of amides is 3. The van der Waals surface area contributed by atoms with Crippen molar-refractivity contribution >= 4 is 23.6 Å². The van der Waals surface area contributed by atoms with Gasteiger partial charge in [0.2, 0.25) is 5.91 Å². The van der Waals surface area contributed by atoms with Crippen LogP contribution in [0.3, 0.4) is 0 Å². The van der Waals surface area contributed by atoms with Gasteiger partial charge in [0.1, 0.15) is 11.6 Å². The van der Waals surface area contributed by atoms with E-state index in [9.17, 15) is 19.5 Å². The molecule has 0 radical (unpaired) electrons. The molecule has 3 fully saturated rings. The molecule has 4 atom stereocenters. The van der Waals surface area contributed by atoms with E-state index in [4.69, 9.17) is 14.2 Å². The standard InChI is InChI=1S/C43H49N5O7/c1-53-39(50)37(24-30-8-4-2-5-9-30)46-42(52)44-26-31-12-18-34(19-13-31)40-54-36(25-38(55-40)33-16-14-32(28-49)15-17-33)27-47-22-20-43(21-23-47)41(51)45-29-48(43)35-10-6-3-7-11-35/h2-19,36-38,40,49H,20-29H2,1H3,(H,45,51)(H2,44,46,52)/t36-,37-,38+,40+/m0/s1. The maximum absolute atomic E-state index is 13.2. The van der Waals surface area contributed by atoms with Crippen LogP contribution in [0.25, 0.3) is 0 Å². The summed E-state index contributed by atoms with van der Waals surface area (Å²) in [6.45, 7) is 2.95. The summed E-state index contributed by atoms with van der Waals surface area (Å²) in [5, 5.41) is 18.3. The zero-order chi connectivity index (χ0) is 38.2. The third-order valence-electron chi connectivity index (χ3n) is 10.9. The molecule has 3 aliphatic heterocycles. The van der Waals surface area contributed by atoms with Crippen LogP contribution in [0.5, 0.6) is 0 Å². The second-order valence-electron chi connectivity index (χ2n) is 14.4. The predicted molar refractivity (Wildman–Crippen MR) is 207 cm³/mol. The predicted octanol–water partition coefficient (Wildman–Crippen LogP) is 4.74. The quantitative estimate of drug-likeness (QED) is 0.151. The third-order valence-corrected chi connectivity index (χ3v) is 10.9. The second-order valence-corrected chi connectivity index (χ2v) is 14.4. The maximum Gasteiger partial charge on any atom is 0.328 e. The number of carbonyl (C=O) groups is 3. The lowest BCUT2D eigenvalue weighted by molar-refractivity contribution is -0.253. The Bertz CT molecular complexity index is 1890. The first-order valence-electron chi connectivity index (χ1n) is 18.9. The summed E-state index contributed by atoms with van der Waals surface area (Å²) in [6.07, 6.45) is 1.41. The van der Waals surface area contributed by atoms with E-state index in [1.807, 2.05) is 97.1 Å². The molecule has 0 aliphatic carbocycles. The molecule has 3 aliphatic rings. The number of urea groups is 1. The topological polar surface area (TPSA) is 142 Å². The number of nitrogens with one attached hydrogen (secondary N) is 3. The summed E-state index contributed by atoms with van der Waals surface area (Å²) < 4.78 is 18.2. The van der Waals surface area contributed by atoms with Crippen molar-refractivity contribution in [3.05, 3.63) is 137 Å². The van der Waals surface area contributed by atoms with Crippen LogP contribution < -0.4 is 20.9 Å². The number of likely N-dealkylation sites (tertiary alicyclic amines) is 1. The van der Waals surface area contributed by atoms with Gasteiger partial charge in [-0.1, -0.05) is 97.1 Å². The van der Waals surface area contributed by atoms with Gasteiger partial charge in [0, 0.05) is 50.3 Å². The van der Waals surface area contributed by atoms with E-state index >= 15 is 0 Å². The highest BCUT2D eigenvalue weighted by Gasteiger charge is 2.50. The monoisotopic (exact) mass is 747 g/mol. The molecular formula is C43H49N5O7. The molecule has 0 bridgehead atoms. The summed E-state index contributed by atoms with van der Waals surface area (Å²) in [5.41, 5.74) is 4.96. The van der Waals surface area contributed by atoms with Crippen molar-refractivity contribution < 1.29 is 33.7 Å². The second kappa shape index (κ2) is 17.5. The highest BCUT2D eigenvalue weighted by atomic mass is 16.7. The smallest absolute Gasteiger partial charge is 0.328 e. The molecule has 12 heteroatoms. The van der Waals surface area contributed by atoms with Crippen LogP contribution in [-0.2, 0) is 43.4 Å². The minimum absolute atomic E-state index is 0.0290. The minimum atomic E-state index is -0.826. The molecular weight excluding hydrogens is 699 g/mol. The number of benzene rings is 4. The highest BCUT2D eigenvalue weighted by molar-refractivity contribution is 5.93. The molecule has 1 spiro atoms. The van der Waals surface area contributed by atoms with E-state index in [2.05, 4.69) is 37.9 Å². The first-order chi connectivity index (χ1) is 26.8. The van der Waals surface area contributed by atoms with Crippen molar-refractivity contribution in [1.82, 2.24) is 20.9 Å². The zero-order valence-corrected chi connectivity index (χ0v) is 31.1. The molecule has 4 aromatic carbocycles. The van der Waals surface area contributed by atoms with Gasteiger partial charge in [-0.3, -0.25) is 4.79 Å². The van der Waals surface area contributed by atoms with Gasteiger partial charge in [0.25, 0.3) is 0 Å². The lowest BCUT2D eigenvalue weighted by Gasteiger charge is -2.45. The van der Waals surface area contributed by atoms with Crippen molar-refractivity contribution in [2.24, 2.45) is 0 Å². The average molecular weight is 748 g/mol. The normalized spacial score (nSPS) is 21.5. The van der Waals surface area contributed by atoms with Crippen LogP contribution in [0.2, 0.25) is 0 Å². The molecule has 3 saturated heterocycles. The van der Waals surface area contributed by atoms with E-state index in [1.54, 1.807) is 0 Å². The fourth-order valence-corrected chi connectivity index (χ4v) is 7.83. The third kappa shape index (κ3) is 9.00. The van der Waals surface area contributed by atoms with Gasteiger partial charge in [-0.15, -0.1) is 0 Å².